The van der Waals surface area contributed by atoms with E-state index in [0.717, 1.165) is 15.8 Å². The number of aromatic nitrogens is 1. The fraction of sp³-hybridized carbons (Fsp3) is 0.0952. The second kappa shape index (κ2) is 7.76. The van der Waals surface area contributed by atoms with Gasteiger partial charge in [0.25, 0.3) is 11.8 Å². The summed E-state index contributed by atoms with van der Waals surface area (Å²) >= 11 is 1.31. The molecule has 2 heterocycles. The maximum Gasteiger partial charge on any atom is 0.293 e. The Hall–Kier alpha value is -3.65. The van der Waals surface area contributed by atoms with E-state index in [0.29, 0.717) is 22.1 Å². The van der Waals surface area contributed by atoms with Crippen molar-refractivity contribution in [3.05, 3.63) is 71.7 Å². The molecule has 0 fully saturated rings. The van der Waals surface area contributed by atoms with Crippen molar-refractivity contribution < 1.29 is 18.7 Å². The normalized spacial score (nSPS) is 10.7. The van der Waals surface area contributed by atoms with Gasteiger partial charge >= 0.3 is 0 Å². The quantitative estimate of drug-likeness (QED) is 0.500. The number of hydrogen-bond acceptors (Lipinski definition) is 6. The van der Waals surface area contributed by atoms with Crippen LogP contribution in [0.25, 0.3) is 10.2 Å². The van der Waals surface area contributed by atoms with Crippen LogP contribution >= 0.6 is 11.3 Å². The summed E-state index contributed by atoms with van der Waals surface area (Å²) < 4.78 is 11.3. The maximum absolute atomic E-state index is 12.7. The monoisotopic (exact) mass is 407 g/mol. The number of rotatable bonds is 5. The third-order valence-electron chi connectivity index (χ3n) is 4.27. The molecule has 7 nitrogen and oxygen atoms in total. The Morgan fingerprint density at radius 2 is 1.93 bits per heavy atom. The summed E-state index contributed by atoms with van der Waals surface area (Å²) in [7, 11) is 1.54. The van der Waals surface area contributed by atoms with Gasteiger partial charge in [0, 0.05) is 5.69 Å². The fourth-order valence-corrected chi connectivity index (χ4v) is 3.82. The lowest BCUT2D eigenvalue weighted by atomic mass is 10.1. The Morgan fingerprint density at radius 3 is 2.69 bits per heavy atom. The van der Waals surface area contributed by atoms with Crippen LogP contribution in [0.2, 0.25) is 0 Å². The van der Waals surface area contributed by atoms with Gasteiger partial charge in [-0.1, -0.05) is 23.5 Å². The number of ether oxygens (including phenoxy) is 1. The van der Waals surface area contributed by atoms with Gasteiger partial charge in [-0.05, 0) is 48.9 Å². The predicted octanol–water partition coefficient (Wildman–Crippen LogP) is 4.71. The SMILES string of the molecule is COc1c(C)cccc1C(=O)Nc1ccc2nc(NC(=O)c3ccco3)sc2c1. The van der Waals surface area contributed by atoms with E-state index in [4.69, 9.17) is 9.15 Å². The molecule has 29 heavy (non-hydrogen) atoms. The van der Waals surface area contributed by atoms with Crippen molar-refractivity contribution in [2.45, 2.75) is 6.92 Å². The zero-order valence-electron chi connectivity index (χ0n) is 15.7. The molecule has 4 aromatic rings. The summed E-state index contributed by atoms with van der Waals surface area (Å²) in [4.78, 5) is 29.2. The van der Waals surface area contributed by atoms with Crippen LogP contribution in [0, 0.1) is 6.92 Å². The van der Waals surface area contributed by atoms with E-state index < -0.39 is 0 Å². The molecule has 2 aromatic carbocycles. The molecule has 146 valence electrons. The van der Waals surface area contributed by atoms with E-state index >= 15 is 0 Å². The number of anilines is 2. The number of aryl methyl sites for hydroxylation is 1. The first-order valence-corrected chi connectivity index (χ1v) is 9.57. The molecule has 2 N–H and O–H groups in total. The summed E-state index contributed by atoms with van der Waals surface area (Å²) in [5, 5.41) is 6.04. The van der Waals surface area contributed by atoms with Gasteiger partial charge in [-0.25, -0.2) is 4.98 Å². The van der Waals surface area contributed by atoms with Crippen LogP contribution in [-0.2, 0) is 0 Å². The number of fused-ring (bicyclic) bond motifs is 1. The molecule has 0 unspecified atom stereocenters. The van der Waals surface area contributed by atoms with Crippen LogP contribution < -0.4 is 15.4 Å². The van der Waals surface area contributed by atoms with E-state index in [2.05, 4.69) is 15.6 Å². The highest BCUT2D eigenvalue weighted by Crippen LogP contribution is 2.30. The first kappa shape index (κ1) is 18.7. The minimum Gasteiger partial charge on any atom is -0.496 e. The third-order valence-corrected chi connectivity index (χ3v) is 5.21. The lowest BCUT2D eigenvalue weighted by Gasteiger charge is -2.11. The van der Waals surface area contributed by atoms with Gasteiger partial charge in [0.05, 0.1) is 29.2 Å². The van der Waals surface area contributed by atoms with E-state index in [1.807, 2.05) is 25.1 Å². The van der Waals surface area contributed by atoms with E-state index in [1.54, 1.807) is 37.4 Å². The Labute approximate surface area is 170 Å². The van der Waals surface area contributed by atoms with Crippen LogP contribution in [0.15, 0.2) is 59.2 Å². The van der Waals surface area contributed by atoms with Crippen molar-refractivity contribution >= 4 is 44.2 Å². The number of para-hydroxylation sites is 1. The molecular weight excluding hydrogens is 390 g/mol. The molecule has 2 aromatic heterocycles. The zero-order chi connectivity index (χ0) is 20.4. The molecule has 0 spiro atoms. The highest BCUT2D eigenvalue weighted by Gasteiger charge is 2.15. The lowest BCUT2D eigenvalue weighted by Crippen LogP contribution is -2.13. The lowest BCUT2D eigenvalue weighted by molar-refractivity contribution is 0.0994. The van der Waals surface area contributed by atoms with E-state index in [-0.39, 0.29) is 17.6 Å². The van der Waals surface area contributed by atoms with Crippen LogP contribution in [0.5, 0.6) is 5.75 Å². The standard InChI is InChI=1S/C21H17N3O4S/c1-12-5-3-6-14(18(12)27-2)19(25)22-13-8-9-15-17(11-13)29-21(23-15)24-20(26)16-7-4-10-28-16/h3-11H,1-2H3,(H,22,25)(H,23,24,26). The van der Waals surface area contributed by atoms with E-state index in [9.17, 15) is 9.59 Å². The topological polar surface area (TPSA) is 93.5 Å². The molecule has 2 amide bonds. The molecule has 0 aliphatic carbocycles. The van der Waals surface area contributed by atoms with Crippen molar-refractivity contribution in [1.82, 2.24) is 4.98 Å². The number of thiazole rings is 1. The Bertz CT molecular complexity index is 1200. The second-order valence-corrected chi connectivity index (χ2v) is 7.27. The van der Waals surface area contributed by atoms with Gasteiger partial charge in [-0.15, -0.1) is 0 Å². The molecule has 0 aliphatic rings. The molecule has 0 saturated carbocycles. The summed E-state index contributed by atoms with van der Waals surface area (Å²) in [6.45, 7) is 1.89. The summed E-state index contributed by atoms with van der Waals surface area (Å²) in [6.07, 6.45) is 1.44. The summed E-state index contributed by atoms with van der Waals surface area (Å²) in [5.41, 5.74) is 2.69. The number of methoxy groups -OCH3 is 1. The number of nitrogens with zero attached hydrogens (tertiary/aromatic N) is 1. The molecule has 0 atom stereocenters. The van der Waals surface area contributed by atoms with Gasteiger partial charge in [-0.2, -0.15) is 0 Å². The zero-order valence-corrected chi connectivity index (χ0v) is 16.5. The first-order chi connectivity index (χ1) is 14.0. The highest BCUT2D eigenvalue weighted by molar-refractivity contribution is 7.22. The molecule has 0 radical (unpaired) electrons. The van der Waals surface area contributed by atoms with Crippen molar-refractivity contribution in [3.8, 4) is 5.75 Å². The molecule has 0 aliphatic heterocycles. The van der Waals surface area contributed by atoms with Crippen molar-refractivity contribution in [2.24, 2.45) is 0 Å². The predicted molar refractivity (Wildman–Crippen MR) is 112 cm³/mol. The average molecular weight is 407 g/mol. The number of amides is 2. The van der Waals surface area contributed by atoms with Crippen molar-refractivity contribution in [2.75, 3.05) is 17.7 Å². The first-order valence-electron chi connectivity index (χ1n) is 8.75. The highest BCUT2D eigenvalue weighted by atomic mass is 32.1. The summed E-state index contributed by atoms with van der Waals surface area (Å²) in [5.74, 6) is 0.131. The van der Waals surface area contributed by atoms with Gasteiger partial charge in [0.2, 0.25) is 0 Å². The smallest absolute Gasteiger partial charge is 0.293 e. The fourth-order valence-electron chi connectivity index (χ4n) is 2.92. The number of hydrogen-bond donors (Lipinski definition) is 2. The van der Waals surface area contributed by atoms with Gasteiger partial charge in [0.1, 0.15) is 5.75 Å². The van der Waals surface area contributed by atoms with Crippen LogP contribution in [0.1, 0.15) is 26.5 Å². The average Bonchev–Trinajstić information content (AvgIpc) is 3.37. The minimum absolute atomic E-state index is 0.212. The molecular formula is C21H17N3O4S. The van der Waals surface area contributed by atoms with Gasteiger partial charge in [0.15, 0.2) is 10.9 Å². The molecule has 0 saturated heterocycles. The number of nitrogens with one attached hydrogen (secondary N) is 2. The van der Waals surface area contributed by atoms with Crippen molar-refractivity contribution in [3.63, 3.8) is 0 Å². The Morgan fingerprint density at radius 1 is 1.07 bits per heavy atom. The van der Waals surface area contributed by atoms with Gasteiger partial charge in [-0.3, -0.25) is 14.9 Å². The third kappa shape index (κ3) is 3.83. The van der Waals surface area contributed by atoms with Crippen molar-refractivity contribution in [1.29, 1.82) is 0 Å². The van der Waals surface area contributed by atoms with Crippen LogP contribution in [0.3, 0.4) is 0 Å². The molecule has 8 heteroatoms. The second-order valence-electron chi connectivity index (χ2n) is 6.24. The van der Waals surface area contributed by atoms with Crippen LogP contribution in [0.4, 0.5) is 10.8 Å². The van der Waals surface area contributed by atoms with Crippen LogP contribution in [-0.4, -0.2) is 23.9 Å². The summed E-state index contributed by atoms with van der Waals surface area (Å²) in [6, 6.07) is 14.0. The number of carbonyl (C=O) groups is 2. The maximum atomic E-state index is 12.7. The number of benzene rings is 2. The largest absolute Gasteiger partial charge is 0.496 e. The Kier molecular flexibility index (Phi) is 5.01. The van der Waals surface area contributed by atoms with E-state index in [1.165, 1.54) is 17.6 Å². The number of furan rings is 1. The Balaban J connectivity index is 1.54. The molecule has 0 bridgehead atoms. The molecule has 4 rings (SSSR count). The van der Waals surface area contributed by atoms with Gasteiger partial charge < -0.3 is 14.5 Å². The number of carbonyl (C=O) groups excluding carboxylic acids is 2. The minimum atomic E-state index is -0.367.